The van der Waals surface area contributed by atoms with Crippen molar-refractivity contribution in [3.8, 4) is 0 Å². The minimum Gasteiger partial charge on any atom is -0.387 e. The van der Waals surface area contributed by atoms with Crippen molar-refractivity contribution in [2.24, 2.45) is 5.73 Å². The van der Waals surface area contributed by atoms with Gasteiger partial charge in [-0.2, -0.15) is 0 Å². The van der Waals surface area contributed by atoms with Crippen LogP contribution in [0.5, 0.6) is 0 Å². The van der Waals surface area contributed by atoms with Gasteiger partial charge in [0.05, 0.1) is 18.4 Å². The third-order valence-corrected chi connectivity index (χ3v) is 5.44. The van der Waals surface area contributed by atoms with Crippen LogP contribution in [0.25, 0.3) is 0 Å². The van der Waals surface area contributed by atoms with Gasteiger partial charge in [0, 0.05) is 18.7 Å². The van der Waals surface area contributed by atoms with Crippen LogP contribution in [-0.4, -0.2) is 35.4 Å². The lowest BCUT2D eigenvalue weighted by Crippen LogP contribution is -2.45. The van der Waals surface area contributed by atoms with E-state index in [9.17, 15) is 15.0 Å². The Labute approximate surface area is 189 Å². The molecule has 6 nitrogen and oxygen atoms in total. The average molecular weight is 434 g/mol. The highest BCUT2D eigenvalue weighted by Crippen LogP contribution is 2.14. The quantitative estimate of drug-likeness (QED) is 0.282. The number of primary amides is 1. The van der Waals surface area contributed by atoms with E-state index in [1.165, 1.54) is 0 Å². The molecule has 0 heterocycles. The molecule has 0 fully saturated rings. The maximum atomic E-state index is 11.3. The van der Waals surface area contributed by atoms with E-state index in [0.29, 0.717) is 18.7 Å². The number of aliphatic hydroxyl groups is 2. The largest absolute Gasteiger partial charge is 0.387 e. The molecule has 0 radical (unpaired) electrons. The Morgan fingerprint density at radius 2 is 1.22 bits per heavy atom. The molecule has 0 aromatic heterocycles. The minimum atomic E-state index is -0.630. The standard InChI is InChI=1S/C26H31N3O3/c27-26(32)22-14-11-19(12-15-22)13-16-25(28-17-23(30)20-7-3-1-4-8-20)29-18-24(31)21-9-5-2-6-10-21/h1-12,14-15,23-25,28-31H,13,16-18H2,(H2,27,32). The summed E-state index contributed by atoms with van der Waals surface area (Å²) in [6, 6.07) is 26.3. The predicted molar refractivity (Wildman–Crippen MR) is 126 cm³/mol. The molecule has 0 bridgehead atoms. The number of amides is 1. The Bertz CT molecular complexity index is 900. The Morgan fingerprint density at radius 3 is 1.66 bits per heavy atom. The van der Waals surface area contributed by atoms with Crippen molar-refractivity contribution >= 4 is 5.91 Å². The monoisotopic (exact) mass is 433 g/mol. The number of hydrogen-bond donors (Lipinski definition) is 5. The molecule has 168 valence electrons. The van der Waals surface area contributed by atoms with Crippen LogP contribution >= 0.6 is 0 Å². The van der Waals surface area contributed by atoms with Crippen molar-refractivity contribution in [1.82, 2.24) is 10.6 Å². The molecule has 0 aliphatic carbocycles. The van der Waals surface area contributed by atoms with Crippen molar-refractivity contribution < 1.29 is 15.0 Å². The summed E-state index contributed by atoms with van der Waals surface area (Å²) in [5, 5.41) is 27.8. The molecule has 0 spiro atoms. The second kappa shape index (κ2) is 12.1. The van der Waals surface area contributed by atoms with E-state index < -0.39 is 18.1 Å². The van der Waals surface area contributed by atoms with Gasteiger partial charge in [0.2, 0.25) is 5.91 Å². The fraction of sp³-hybridized carbons (Fsp3) is 0.269. The molecule has 2 unspecified atom stereocenters. The molecule has 3 rings (SSSR count). The molecular formula is C26H31N3O3. The number of aliphatic hydroxyl groups excluding tert-OH is 2. The molecule has 6 heteroatoms. The number of aryl methyl sites for hydroxylation is 1. The van der Waals surface area contributed by atoms with Crippen molar-refractivity contribution in [1.29, 1.82) is 0 Å². The normalized spacial score (nSPS) is 13.9. The number of hydrogen-bond acceptors (Lipinski definition) is 5. The number of nitrogens with one attached hydrogen (secondary N) is 2. The van der Waals surface area contributed by atoms with Crippen LogP contribution in [0.3, 0.4) is 0 Å². The summed E-state index contributed by atoms with van der Waals surface area (Å²) in [6.07, 6.45) is 0.109. The lowest BCUT2D eigenvalue weighted by Gasteiger charge is -2.24. The van der Waals surface area contributed by atoms with Gasteiger partial charge >= 0.3 is 0 Å². The number of benzene rings is 3. The summed E-state index contributed by atoms with van der Waals surface area (Å²) in [4.78, 5) is 11.3. The lowest BCUT2D eigenvalue weighted by molar-refractivity contribution is 0.1000. The molecule has 0 aliphatic heterocycles. The Hall–Kier alpha value is -3.03. The van der Waals surface area contributed by atoms with E-state index in [1.54, 1.807) is 12.1 Å². The second-order valence-corrected chi connectivity index (χ2v) is 7.82. The van der Waals surface area contributed by atoms with Gasteiger partial charge in [-0.3, -0.25) is 15.4 Å². The zero-order chi connectivity index (χ0) is 22.8. The van der Waals surface area contributed by atoms with Gasteiger partial charge in [0.25, 0.3) is 0 Å². The summed E-state index contributed by atoms with van der Waals surface area (Å²) in [6.45, 7) is 0.757. The molecule has 0 saturated heterocycles. The highest BCUT2D eigenvalue weighted by atomic mass is 16.3. The van der Waals surface area contributed by atoms with Crippen LogP contribution in [0.1, 0.15) is 45.7 Å². The fourth-order valence-electron chi connectivity index (χ4n) is 3.52. The summed E-state index contributed by atoms with van der Waals surface area (Å²) in [5.74, 6) is -0.442. The molecule has 3 aromatic rings. The number of carbonyl (C=O) groups is 1. The molecule has 2 atom stereocenters. The molecule has 6 N–H and O–H groups in total. The summed E-state index contributed by atoms with van der Waals surface area (Å²) in [5.41, 5.74) is 8.58. The number of carbonyl (C=O) groups excluding carboxylic acids is 1. The van der Waals surface area contributed by atoms with Crippen LogP contribution in [-0.2, 0) is 6.42 Å². The van der Waals surface area contributed by atoms with Crippen LogP contribution in [0, 0.1) is 0 Å². The maximum absolute atomic E-state index is 11.3. The van der Waals surface area contributed by atoms with Gasteiger partial charge in [0.1, 0.15) is 0 Å². The van der Waals surface area contributed by atoms with Gasteiger partial charge < -0.3 is 15.9 Å². The minimum absolute atomic E-state index is 0.123. The molecular weight excluding hydrogens is 402 g/mol. The van der Waals surface area contributed by atoms with Crippen LogP contribution in [0.15, 0.2) is 84.9 Å². The zero-order valence-corrected chi connectivity index (χ0v) is 18.0. The van der Waals surface area contributed by atoms with Crippen LogP contribution < -0.4 is 16.4 Å². The van der Waals surface area contributed by atoms with E-state index in [4.69, 9.17) is 5.73 Å². The first-order valence-corrected chi connectivity index (χ1v) is 10.8. The second-order valence-electron chi connectivity index (χ2n) is 7.82. The van der Waals surface area contributed by atoms with Crippen LogP contribution in [0.4, 0.5) is 0 Å². The van der Waals surface area contributed by atoms with Gasteiger partial charge in [0.15, 0.2) is 0 Å². The lowest BCUT2D eigenvalue weighted by atomic mass is 10.0. The third kappa shape index (κ3) is 7.28. The highest BCUT2D eigenvalue weighted by molar-refractivity contribution is 5.92. The van der Waals surface area contributed by atoms with Crippen molar-refractivity contribution in [2.45, 2.75) is 31.2 Å². The molecule has 0 saturated carbocycles. The summed E-state index contributed by atoms with van der Waals surface area (Å²) in [7, 11) is 0. The smallest absolute Gasteiger partial charge is 0.248 e. The average Bonchev–Trinajstić information content (AvgIpc) is 2.84. The fourth-order valence-corrected chi connectivity index (χ4v) is 3.52. The van der Waals surface area contributed by atoms with E-state index in [2.05, 4.69) is 10.6 Å². The first-order valence-electron chi connectivity index (χ1n) is 10.8. The topological polar surface area (TPSA) is 108 Å². The Kier molecular flexibility index (Phi) is 8.95. The van der Waals surface area contributed by atoms with Gasteiger partial charge in [-0.1, -0.05) is 72.8 Å². The van der Waals surface area contributed by atoms with Crippen LogP contribution in [0.2, 0.25) is 0 Å². The Morgan fingerprint density at radius 1 is 0.750 bits per heavy atom. The van der Waals surface area contributed by atoms with E-state index >= 15 is 0 Å². The van der Waals surface area contributed by atoms with Gasteiger partial charge in [-0.25, -0.2) is 0 Å². The summed E-state index contributed by atoms with van der Waals surface area (Å²) < 4.78 is 0. The van der Waals surface area contributed by atoms with Gasteiger partial charge in [-0.15, -0.1) is 0 Å². The molecule has 32 heavy (non-hydrogen) atoms. The van der Waals surface area contributed by atoms with E-state index in [1.807, 2.05) is 72.8 Å². The molecule has 1 amide bonds. The number of nitrogens with two attached hydrogens (primary N) is 1. The van der Waals surface area contributed by atoms with Gasteiger partial charge in [-0.05, 0) is 41.7 Å². The number of rotatable bonds is 12. The summed E-state index contributed by atoms with van der Waals surface area (Å²) >= 11 is 0. The van der Waals surface area contributed by atoms with Crippen molar-refractivity contribution in [3.05, 3.63) is 107 Å². The van der Waals surface area contributed by atoms with E-state index in [-0.39, 0.29) is 6.17 Å². The third-order valence-electron chi connectivity index (χ3n) is 5.44. The molecule has 0 aliphatic rings. The van der Waals surface area contributed by atoms with Crippen molar-refractivity contribution in [3.63, 3.8) is 0 Å². The first kappa shape index (κ1) is 23.6. The predicted octanol–water partition coefficient (Wildman–Crippen LogP) is 2.69. The maximum Gasteiger partial charge on any atom is 0.248 e. The molecule has 3 aromatic carbocycles. The van der Waals surface area contributed by atoms with Crippen molar-refractivity contribution in [2.75, 3.05) is 13.1 Å². The highest BCUT2D eigenvalue weighted by Gasteiger charge is 2.15. The Balaban J connectivity index is 1.59. The SMILES string of the molecule is NC(=O)c1ccc(CCC(NCC(O)c2ccccc2)NCC(O)c2ccccc2)cc1. The first-order chi connectivity index (χ1) is 15.5. The zero-order valence-electron chi connectivity index (χ0n) is 18.0. The van der Waals surface area contributed by atoms with E-state index in [0.717, 1.165) is 29.5 Å².